The molecule has 0 aliphatic heterocycles. The second-order valence-corrected chi connectivity index (χ2v) is 3.15. The molecule has 0 amide bonds. The van der Waals surface area contributed by atoms with E-state index < -0.39 is 11.6 Å². The van der Waals surface area contributed by atoms with Gasteiger partial charge in [0.2, 0.25) is 0 Å². The van der Waals surface area contributed by atoms with Crippen LogP contribution >= 0.6 is 0 Å². The second-order valence-electron chi connectivity index (χ2n) is 3.15. The van der Waals surface area contributed by atoms with E-state index in [1.807, 2.05) is 6.92 Å². The zero-order valence-corrected chi connectivity index (χ0v) is 8.45. The maximum Gasteiger partial charge on any atom is 0.112 e. The van der Waals surface area contributed by atoms with Crippen LogP contribution in [-0.2, 0) is 14.2 Å². The Morgan fingerprint density at radius 1 is 1.31 bits per heavy atom. The van der Waals surface area contributed by atoms with Crippen molar-refractivity contribution in [3.8, 4) is 0 Å². The van der Waals surface area contributed by atoms with Crippen LogP contribution < -0.4 is 0 Å². The molecule has 5 heteroatoms. The summed E-state index contributed by atoms with van der Waals surface area (Å²) in [5.41, 5.74) is -0.606. The Kier molecular flexibility index (Phi) is 6.33. The molecule has 0 fully saturated rings. The van der Waals surface area contributed by atoms with E-state index in [1.165, 1.54) is 0 Å². The molecule has 0 rings (SSSR count). The highest BCUT2D eigenvalue weighted by Gasteiger charge is 2.27. The third kappa shape index (κ3) is 5.26. The molecular formula is C8H17BO4. The molecule has 13 heavy (non-hydrogen) atoms. The van der Waals surface area contributed by atoms with Crippen LogP contribution in [0.4, 0.5) is 0 Å². The molecule has 1 atom stereocenters. The molecule has 0 saturated carbocycles. The van der Waals surface area contributed by atoms with Crippen LogP contribution in [0.2, 0.25) is 0 Å². The fourth-order valence-electron chi connectivity index (χ4n) is 1.12. The lowest BCUT2D eigenvalue weighted by Gasteiger charge is -2.31. The molecule has 0 aromatic heterocycles. The van der Waals surface area contributed by atoms with Gasteiger partial charge < -0.3 is 19.3 Å². The first-order valence-corrected chi connectivity index (χ1v) is 4.10. The molecular weight excluding hydrogens is 171 g/mol. The first-order chi connectivity index (χ1) is 6.08. The van der Waals surface area contributed by atoms with Crippen LogP contribution in [0.15, 0.2) is 0 Å². The van der Waals surface area contributed by atoms with Crippen molar-refractivity contribution < 1.29 is 19.3 Å². The summed E-state index contributed by atoms with van der Waals surface area (Å²) in [6.07, 6.45) is 0. The minimum Gasteiger partial charge on any atom is -0.395 e. The highest BCUT2D eigenvalue weighted by molar-refractivity contribution is 6.11. The summed E-state index contributed by atoms with van der Waals surface area (Å²) in [6.45, 7) is 2.33. The molecule has 0 heterocycles. The minimum absolute atomic E-state index is 0.219. The Balaban J connectivity index is 4.05. The van der Waals surface area contributed by atoms with E-state index in [1.54, 1.807) is 14.2 Å². The highest BCUT2D eigenvalue weighted by atomic mass is 16.6. The van der Waals surface area contributed by atoms with E-state index in [9.17, 15) is 0 Å². The topological polar surface area (TPSA) is 47.9 Å². The number of hydrogen-bond acceptors (Lipinski definition) is 4. The molecule has 1 N–H and O–H groups in total. The fourth-order valence-corrected chi connectivity index (χ4v) is 1.12. The van der Waals surface area contributed by atoms with Crippen LogP contribution in [0.3, 0.4) is 0 Å². The monoisotopic (exact) mass is 188 g/mol. The molecule has 0 aromatic rings. The van der Waals surface area contributed by atoms with Gasteiger partial charge in [-0.05, 0) is 6.92 Å². The van der Waals surface area contributed by atoms with Crippen molar-refractivity contribution >= 4 is 7.85 Å². The Bertz CT molecular complexity index is 125. The number of methoxy groups -OCH3 is 2. The van der Waals surface area contributed by atoms with Crippen LogP contribution in [0.5, 0.6) is 0 Å². The second kappa shape index (κ2) is 6.37. The SMILES string of the molecule is [B][C@@H](CO)OC(C)(COC)COC. The summed E-state index contributed by atoms with van der Waals surface area (Å²) < 4.78 is 15.3. The molecule has 0 spiro atoms. The van der Waals surface area contributed by atoms with Gasteiger partial charge in [0.1, 0.15) is 13.4 Å². The molecule has 0 saturated heterocycles. The largest absolute Gasteiger partial charge is 0.395 e. The lowest BCUT2D eigenvalue weighted by Crippen LogP contribution is -2.43. The van der Waals surface area contributed by atoms with Gasteiger partial charge in [0.25, 0.3) is 0 Å². The quantitative estimate of drug-likeness (QED) is 0.549. The van der Waals surface area contributed by atoms with Gasteiger partial charge in [-0.15, -0.1) is 0 Å². The molecule has 4 nitrogen and oxygen atoms in total. The maximum absolute atomic E-state index is 8.70. The summed E-state index contributed by atoms with van der Waals surface area (Å²) in [5.74, 6) is 0. The first kappa shape index (κ1) is 12.9. The molecule has 0 aliphatic rings. The Labute approximate surface area is 80.6 Å². The van der Waals surface area contributed by atoms with Crippen molar-refractivity contribution in [3.63, 3.8) is 0 Å². The van der Waals surface area contributed by atoms with Gasteiger partial charge in [-0.25, -0.2) is 0 Å². The van der Waals surface area contributed by atoms with Gasteiger partial charge in [-0.3, -0.25) is 0 Å². The maximum atomic E-state index is 8.70. The van der Waals surface area contributed by atoms with Gasteiger partial charge in [-0.2, -0.15) is 0 Å². The van der Waals surface area contributed by atoms with Crippen molar-refractivity contribution in [2.45, 2.75) is 18.5 Å². The molecule has 76 valence electrons. The van der Waals surface area contributed by atoms with E-state index >= 15 is 0 Å². The minimum atomic E-state index is -0.699. The lowest BCUT2D eigenvalue weighted by molar-refractivity contribution is -0.131. The van der Waals surface area contributed by atoms with Gasteiger partial charge >= 0.3 is 0 Å². The number of ether oxygens (including phenoxy) is 3. The van der Waals surface area contributed by atoms with Gasteiger partial charge in [0, 0.05) is 20.2 Å². The van der Waals surface area contributed by atoms with Gasteiger partial charge in [0.05, 0.1) is 19.8 Å². The standard InChI is InChI=1S/C8H17BO4/c1-8(5-11-2,6-12-3)13-7(9)4-10/h7,10H,4-6H2,1-3H3/t7-/m1/s1. The summed E-state index contributed by atoms with van der Waals surface area (Å²) in [5, 5.41) is 8.70. The van der Waals surface area contributed by atoms with Crippen LogP contribution in [0, 0.1) is 0 Å². The summed E-state index contributed by atoms with van der Waals surface area (Å²) in [7, 11) is 8.58. The van der Waals surface area contributed by atoms with Crippen molar-refractivity contribution in [3.05, 3.63) is 0 Å². The Hall–Kier alpha value is -0.0951. The molecule has 0 unspecified atom stereocenters. The summed E-state index contributed by atoms with van der Waals surface area (Å²) >= 11 is 0. The molecule has 0 bridgehead atoms. The third-order valence-corrected chi connectivity index (χ3v) is 1.52. The van der Waals surface area contributed by atoms with Crippen molar-refractivity contribution in [1.82, 2.24) is 0 Å². The average molecular weight is 188 g/mol. The Morgan fingerprint density at radius 3 is 2.08 bits per heavy atom. The van der Waals surface area contributed by atoms with E-state index in [0.29, 0.717) is 13.2 Å². The first-order valence-electron chi connectivity index (χ1n) is 4.10. The van der Waals surface area contributed by atoms with Crippen molar-refractivity contribution in [2.24, 2.45) is 0 Å². The highest BCUT2D eigenvalue weighted by Crippen LogP contribution is 2.13. The number of aliphatic hydroxyl groups excluding tert-OH is 1. The van der Waals surface area contributed by atoms with Crippen molar-refractivity contribution in [2.75, 3.05) is 34.0 Å². The average Bonchev–Trinajstić information content (AvgIpc) is 2.04. The summed E-state index contributed by atoms with van der Waals surface area (Å²) in [6, 6.07) is -0.699. The van der Waals surface area contributed by atoms with Gasteiger partial charge in [-0.1, -0.05) is 0 Å². The fraction of sp³-hybridized carbons (Fsp3) is 1.00. The molecule has 2 radical (unpaired) electrons. The van der Waals surface area contributed by atoms with Crippen LogP contribution in [0.1, 0.15) is 6.92 Å². The Morgan fingerprint density at radius 2 is 1.77 bits per heavy atom. The third-order valence-electron chi connectivity index (χ3n) is 1.52. The molecule has 0 aromatic carbocycles. The van der Waals surface area contributed by atoms with Crippen LogP contribution in [-0.4, -0.2) is 58.6 Å². The summed E-state index contributed by atoms with van der Waals surface area (Å²) in [4.78, 5) is 0. The zero-order chi connectivity index (χ0) is 10.3. The van der Waals surface area contributed by atoms with E-state index in [-0.39, 0.29) is 6.61 Å². The van der Waals surface area contributed by atoms with Crippen molar-refractivity contribution in [1.29, 1.82) is 0 Å². The molecule has 0 aliphatic carbocycles. The zero-order valence-electron chi connectivity index (χ0n) is 8.45. The smallest absolute Gasteiger partial charge is 0.112 e. The van der Waals surface area contributed by atoms with E-state index in [0.717, 1.165) is 0 Å². The normalized spacial score (nSPS) is 14.5. The number of aliphatic hydroxyl groups is 1. The van der Waals surface area contributed by atoms with Gasteiger partial charge in [0.15, 0.2) is 0 Å². The lowest BCUT2D eigenvalue weighted by atomic mass is 9.99. The predicted octanol–water partition coefficient (Wildman–Crippen LogP) is -0.459. The number of hydrogen-bond donors (Lipinski definition) is 1. The number of rotatable bonds is 7. The van der Waals surface area contributed by atoms with E-state index in [4.69, 9.17) is 27.2 Å². The predicted molar refractivity (Wildman–Crippen MR) is 49.9 cm³/mol. The van der Waals surface area contributed by atoms with E-state index in [2.05, 4.69) is 0 Å². The van der Waals surface area contributed by atoms with Crippen LogP contribution in [0.25, 0.3) is 0 Å².